The summed E-state index contributed by atoms with van der Waals surface area (Å²) in [6.07, 6.45) is -4.64. The molecule has 1 aromatic carbocycles. The van der Waals surface area contributed by atoms with Crippen molar-refractivity contribution >= 4 is 10.1 Å². The van der Waals surface area contributed by atoms with E-state index in [1.54, 1.807) is 6.92 Å². The van der Waals surface area contributed by atoms with Gasteiger partial charge in [-0.3, -0.25) is 4.18 Å². The van der Waals surface area contributed by atoms with E-state index in [2.05, 4.69) is 4.18 Å². The Kier molecular flexibility index (Phi) is 3.17. The topological polar surface area (TPSA) is 43.4 Å². The minimum absolute atomic E-state index is 0.0911. The van der Waals surface area contributed by atoms with Crippen LogP contribution in [-0.4, -0.2) is 21.7 Å². The zero-order valence-electron chi connectivity index (χ0n) is 10.4. The number of halogens is 3. The van der Waals surface area contributed by atoms with Gasteiger partial charge < -0.3 is 0 Å². The first-order valence-corrected chi connectivity index (χ1v) is 7.03. The second-order valence-corrected chi connectivity index (χ2v) is 6.38. The molecule has 0 atom stereocenters. The van der Waals surface area contributed by atoms with Crippen LogP contribution in [0.25, 0.3) is 0 Å². The molecule has 0 radical (unpaired) electrons. The van der Waals surface area contributed by atoms with Gasteiger partial charge in [-0.15, -0.1) is 0 Å². The minimum Gasteiger partial charge on any atom is -0.270 e. The second kappa shape index (κ2) is 4.21. The third-order valence-electron chi connectivity index (χ3n) is 3.43. The quantitative estimate of drug-likeness (QED) is 0.805. The van der Waals surface area contributed by atoms with Gasteiger partial charge in [0.2, 0.25) is 0 Å². The Morgan fingerprint density at radius 2 is 1.84 bits per heavy atom. The predicted octanol–water partition coefficient (Wildman–Crippen LogP) is 2.92. The van der Waals surface area contributed by atoms with Crippen molar-refractivity contribution in [2.75, 3.05) is 7.11 Å². The monoisotopic (exact) mass is 294 g/mol. The third-order valence-corrected chi connectivity index (χ3v) is 4.77. The first-order chi connectivity index (χ1) is 8.64. The smallest absolute Gasteiger partial charge is 0.270 e. The summed E-state index contributed by atoms with van der Waals surface area (Å²) >= 11 is 0. The van der Waals surface area contributed by atoms with E-state index in [9.17, 15) is 21.6 Å². The highest BCUT2D eigenvalue weighted by Crippen LogP contribution is 2.60. The highest BCUT2D eigenvalue weighted by atomic mass is 32.2. The Morgan fingerprint density at radius 3 is 2.26 bits per heavy atom. The van der Waals surface area contributed by atoms with Gasteiger partial charge in [-0.05, 0) is 31.4 Å². The molecule has 0 bridgehead atoms. The van der Waals surface area contributed by atoms with Gasteiger partial charge in [-0.1, -0.05) is 17.7 Å². The lowest BCUT2D eigenvalue weighted by Gasteiger charge is -2.22. The highest BCUT2D eigenvalue weighted by Gasteiger charge is 2.65. The molecule has 19 heavy (non-hydrogen) atoms. The van der Waals surface area contributed by atoms with Gasteiger partial charge in [-0.25, -0.2) is 0 Å². The van der Waals surface area contributed by atoms with E-state index >= 15 is 0 Å². The van der Waals surface area contributed by atoms with Crippen LogP contribution in [0.3, 0.4) is 0 Å². The summed E-state index contributed by atoms with van der Waals surface area (Å²) in [5.41, 5.74) is -1.66. The summed E-state index contributed by atoms with van der Waals surface area (Å²) in [7, 11) is -3.21. The molecule has 1 aliphatic carbocycles. The number of rotatable bonds is 3. The first-order valence-electron chi connectivity index (χ1n) is 5.62. The van der Waals surface area contributed by atoms with E-state index in [0.29, 0.717) is 5.56 Å². The number of aryl methyl sites for hydroxylation is 1. The van der Waals surface area contributed by atoms with Gasteiger partial charge in [-0.2, -0.15) is 21.6 Å². The van der Waals surface area contributed by atoms with Crippen LogP contribution in [0.2, 0.25) is 0 Å². The minimum atomic E-state index is -4.46. The molecule has 1 fully saturated rings. The molecule has 0 amide bonds. The molecule has 0 heterocycles. The Hall–Kier alpha value is -1.08. The molecule has 2 rings (SSSR count). The van der Waals surface area contributed by atoms with E-state index in [1.807, 2.05) is 0 Å². The lowest BCUT2D eigenvalue weighted by molar-refractivity contribution is -0.161. The van der Waals surface area contributed by atoms with Crippen molar-refractivity contribution in [1.29, 1.82) is 0 Å². The van der Waals surface area contributed by atoms with Crippen molar-refractivity contribution in [2.45, 2.75) is 36.3 Å². The van der Waals surface area contributed by atoms with Crippen LogP contribution in [-0.2, 0) is 19.7 Å². The van der Waals surface area contributed by atoms with Gasteiger partial charge in [0.15, 0.2) is 0 Å². The largest absolute Gasteiger partial charge is 0.398 e. The average molecular weight is 294 g/mol. The van der Waals surface area contributed by atoms with Crippen molar-refractivity contribution in [3.05, 3.63) is 29.3 Å². The first kappa shape index (κ1) is 14.3. The molecule has 106 valence electrons. The van der Waals surface area contributed by atoms with Crippen molar-refractivity contribution in [1.82, 2.24) is 0 Å². The van der Waals surface area contributed by atoms with E-state index in [1.165, 1.54) is 18.2 Å². The Labute approximate surface area is 109 Å². The van der Waals surface area contributed by atoms with Crippen LogP contribution in [0.1, 0.15) is 24.0 Å². The maximum atomic E-state index is 13.1. The van der Waals surface area contributed by atoms with Crippen LogP contribution < -0.4 is 0 Å². The highest BCUT2D eigenvalue weighted by molar-refractivity contribution is 7.86. The van der Waals surface area contributed by atoms with Gasteiger partial charge in [0.1, 0.15) is 0 Å². The van der Waals surface area contributed by atoms with Crippen molar-refractivity contribution < 1.29 is 25.8 Å². The van der Waals surface area contributed by atoms with E-state index < -0.39 is 26.6 Å². The fourth-order valence-electron chi connectivity index (χ4n) is 2.16. The zero-order chi connectivity index (χ0) is 14.5. The van der Waals surface area contributed by atoms with Crippen LogP contribution >= 0.6 is 0 Å². The number of alkyl halides is 3. The third kappa shape index (κ3) is 2.25. The zero-order valence-corrected chi connectivity index (χ0v) is 11.2. The maximum Gasteiger partial charge on any atom is 0.398 e. The molecule has 0 spiro atoms. The molecular weight excluding hydrogens is 281 g/mol. The number of benzene rings is 1. The molecular formula is C12H13F3O3S. The molecule has 1 aromatic rings. The Bertz CT molecular complexity index is 601. The summed E-state index contributed by atoms with van der Waals surface area (Å²) in [6, 6.07) is 3.92. The van der Waals surface area contributed by atoms with E-state index in [0.717, 1.165) is 7.11 Å². The van der Waals surface area contributed by atoms with Crippen molar-refractivity contribution in [3.63, 3.8) is 0 Å². The Morgan fingerprint density at radius 1 is 1.26 bits per heavy atom. The lowest BCUT2D eigenvalue weighted by atomic mass is 9.94. The molecule has 7 heteroatoms. The van der Waals surface area contributed by atoms with Crippen LogP contribution in [0.5, 0.6) is 0 Å². The van der Waals surface area contributed by atoms with Crippen LogP contribution in [0.15, 0.2) is 23.1 Å². The predicted molar refractivity (Wildman–Crippen MR) is 62.3 cm³/mol. The molecule has 0 saturated heterocycles. The summed E-state index contributed by atoms with van der Waals surface area (Å²) in [6.45, 7) is 1.62. The van der Waals surface area contributed by atoms with Gasteiger partial charge in [0, 0.05) is 0 Å². The molecule has 1 aliphatic rings. The van der Waals surface area contributed by atoms with E-state index in [-0.39, 0.29) is 18.4 Å². The summed E-state index contributed by atoms with van der Waals surface area (Å²) in [4.78, 5) is -0.393. The van der Waals surface area contributed by atoms with Crippen LogP contribution in [0.4, 0.5) is 13.2 Å². The van der Waals surface area contributed by atoms with Crippen molar-refractivity contribution in [2.24, 2.45) is 0 Å². The SMILES string of the molecule is COS(=O)(=O)c1ccc(C)cc1C1(C(F)(F)F)CC1. The molecule has 0 N–H and O–H groups in total. The van der Waals surface area contributed by atoms with Gasteiger partial charge in [0.25, 0.3) is 10.1 Å². The number of hydrogen-bond donors (Lipinski definition) is 0. The molecule has 1 saturated carbocycles. The standard InChI is InChI=1S/C12H13F3O3S/c1-8-3-4-10(19(16,17)18-2)9(7-8)11(5-6-11)12(13,14)15/h3-4,7H,5-6H2,1-2H3. The molecule has 0 unspecified atom stereocenters. The summed E-state index contributed by atoms with van der Waals surface area (Å²) < 4.78 is 67.3. The summed E-state index contributed by atoms with van der Waals surface area (Å²) in [5.74, 6) is 0. The van der Waals surface area contributed by atoms with Crippen molar-refractivity contribution in [3.8, 4) is 0 Å². The molecule has 0 aliphatic heterocycles. The molecule has 3 nitrogen and oxygen atoms in total. The fraction of sp³-hybridized carbons (Fsp3) is 0.500. The number of hydrogen-bond acceptors (Lipinski definition) is 3. The molecule has 0 aromatic heterocycles. The van der Waals surface area contributed by atoms with Gasteiger partial charge >= 0.3 is 6.18 Å². The van der Waals surface area contributed by atoms with E-state index in [4.69, 9.17) is 0 Å². The fourth-order valence-corrected chi connectivity index (χ4v) is 3.09. The van der Waals surface area contributed by atoms with Crippen LogP contribution in [0, 0.1) is 6.92 Å². The maximum absolute atomic E-state index is 13.1. The Balaban J connectivity index is 2.68. The summed E-state index contributed by atoms with van der Waals surface area (Å²) in [5, 5.41) is 0. The normalized spacial score (nSPS) is 18.4. The second-order valence-electron chi connectivity index (χ2n) is 4.70. The van der Waals surface area contributed by atoms with Gasteiger partial charge in [0.05, 0.1) is 17.4 Å². The lowest BCUT2D eigenvalue weighted by Crippen LogP contribution is -2.30. The average Bonchev–Trinajstić information content (AvgIpc) is 3.08.